The van der Waals surface area contributed by atoms with Gasteiger partial charge < -0.3 is 5.32 Å². The molecule has 0 saturated carbocycles. The van der Waals surface area contributed by atoms with E-state index < -0.39 is 0 Å². The molecule has 1 unspecified atom stereocenters. The highest BCUT2D eigenvalue weighted by atomic mass is 35.5. The molecular formula is C14H16ClNS. The summed E-state index contributed by atoms with van der Waals surface area (Å²) < 4.78 is 0. The van der Waals surface area contributed by atoms with E-state index in [2.05, 4.69) is 35.8 Å². The first kappa shape index (κ1) is 12.6. The van der Waals surface area contributed by atoms with Crippen LogP contribution in [0.4, 0.5) is 0 Å². The first-order valence-corrected chi connectivity index (χ1v) is 6.86. The predicted octanol–water partition coefficient (Wildman–Crippen LogP) is 4.33. The van der Waals surface area contributed by atoms with Crippen molar-refractivity contribution in [3.63, 3.8) is 0 Å². The van der Waals surface area contributed by atoms with Crippen LogP contribution in [-0.2, 0) is 0 Å². The third-order valence-electron chi connectivity index (χ3n) is 2.91. The molecule has 0 radical (unpaired) electrons. The quantitative estimate of drug-likeness (QED) is 0.871. The first-order valence-electron chi connectivity index (χ1n) is 5.60. The molecule has 1 aromatic carbocycles. The first-order chi connectivity index (χ1) is 8.13. The van der Waals surface area contributed by atoms with Crippen LogP contribution in [0.5, 0.6) is 0 Å². The minimum atomic E-state index is 0.173. The molecule has 1 heterocycles. The molecular weight excluding hydrogens is 250 g/mol. The van der Waals surface area contributed by atoms with E-state index in [4.69, 9.17) is 11.6 Å². The lowest BCUT2D eigenvalue weighted by Crippen LogP contribution is -2.17. The zero-order chi connectivity index (χ0) is 12.4. The second-order valence-corrected chi connectivity index (χ2v) is 5.68. The maximum absolute atomic E-state index is 6.39. The molecule has 17 heavy (non-hydrogen) atoms. The number of thiophene rings is 1. The van der Waals surface area contributed by atoms with Crippen LogP contribution in [0.3, 0.4) is 0 Å². The number of benzene rings is 1. The van der Waals surface area contributed by atoms with Crippen molar-refractivity contribution in [3.05, 3.63) is 56.2 Å². The van der Waals surface area contributed by atoms with Crippen LogP contribution in [0.2, 0.25) is 5.02 Å². The van der Waals surface area contributed by atoms with Crippen LogP contribution in [0, 0.1) is 13.8 Å². The average molecular weight is 266 g/mol. The normalized spacial score (nSPS) is 12.7. The van der Waals surface area contributed by atoms with Gasteiger partial charge in [0.15, 0.2) is 0 Å². The lowest BCUT2D eigenvalue weighted by molar-refractivity contribution is 0.693. The molecule has 0 fully saturated rings. The van der Waals surface area contributed by atoms with Crippen LogP contribution >= 0.6 is 22.9 Å². The monoisotopic (exact) mass is 265 g/mol. The highest BCUT2D eigenvalue weighted by Gasteiger charge is 2.16. The zero-order valence-corrected chi connectivity index (χ0v) is 11.8. The molecule has 0 aliphatic rings. The summed E-state index contributed by atoms with van der Waals surface area (Å²) in [5.74, 6) is 0. The lowest BCUT2D eigenvalue weighted by atomic mass is 9.99. The zero-order valence-electron chi connectivity index (χ0n) is 10.3. The van der Waals surface area contributed by atoms with Crippen molar-refractivity contribution in [2.24, 2.45) is 0 Å². The smallest absolute Gasteiger partial charge is 0.0597 e. The summed E-state index contributed by atoms with van der Waals surface area (Å²) in [6.45, 7) is 4.16. The van der Waals surface area contributed by atoms with Crippen LogP contribution in [0.15, 0.2) is 29.6 Å². The van der Waals surface area contributed by atoms with Gasteiger partial charge in [0.05, 0.1) is 6.04 Å². The summed E-state index contributed by atoms with van der Waals surface area (Å²) >= 11 is 8.16. The van der Waals surface area contributed by atoms with Crippen LogP contribution in [0.25, 0.3) is 0 Å². The molecule has 1 nitrogen and oxygen atoms in total. The summed E-state index contributed by atoms with van der Waals surface area (Å²) in [6.07, 6.45) is 0. The van der Waals surface area contributed by atoms with E-state index in [1.165, 1.54) is 10.4 Å². The Kier molecular flexibility index (Phi) is 3.87. The summed E-state index contributed by atoms with van der Waals surface area (Å²) in [5.41, 5.74) is 3.55. The van der Waals surface area contributed by atoms with E-state index >= 15 is 0 Å². The number of hydrogen-bond donors (Lipinski definition) is 1. The standard InChI is InChI=1S/C14H16ClNS/c1-9-5-4-6-12(13(9)15)14(16-3)11-7-10(2)17-8-11/h4-8,14,16H,1-3H3. The second-order valence-electron chi connectivity index (χ2n) is 4.19. The molecule has 1 aromatic heterocycles. The van der Waals surface area contributed by atoms with Gasteiger partial charge in [-0.1, -0.05) is 29.8 Å². The fourth-order valence-electron chi connectivity index (χ4n) is 2.01. The summed E-state index contributed by atoms with van der Waals surface area (Å²) in [7, 11) is 1.97. The molecule has 0 spiro atoms. The highest BCUT2D eigenvalue weighted by molar-refractivity contribution is 7.10. The van der Waals surface area contributed by atoms with Gasteiger partial charge in [-0.25, -0.2) is 0 Å². The van der Waals surface area contributed by atoms with E-state index in [1.807, 2.05) is 20.0 Å². The fourth-order valence-corrected chi connectivity index (χ4v) is 2.98. The Morgan fingerprint density at radius 2 is 2.06 bits per heavy atom. The molecule has 1 atom stereocenters. The molecule has 0 bridgehead atoms. The molecule has 90 valence electrons. The van der Waals surface area contributed by atoms with Gasteiger partial charge in [0, 0.05) is 9.90 Å². The molecule has 1 N–H and O–H groups in total. The van der Waals surface area contributed by atoms with E-state index in [0.717, 1.165) is 16.1 Å². The van der Waals surface area contributed by atoms with Gasteiger partial charge in [-0.2, -0.15) is 0 Å². The molecule has 0 aliphatic carbocycles. The number of hydrogen-bond acceptors (Lipinski definition) is 2. The van der Waals surface area contributed by atoms with Gasteiger partial charge in [-0.15, -0.1) is 11.3 Å². The largest absolute Gasteiger partial charge is 0.309 e. The van der Waals surface area contributed by atoms with Gasteiger partial charge in [0.1, 0.15) is 0 Å². The minimum absolute atomic E-state index is 0.173. The van der Waals surface area contributed by atoms with Crippen molar-refractivity contribution in [3.8, 4) is 0 Å². The Morgan fingerprint density at radius 1 is 1.29 bits per heavy atom. The van der Waals surface area contributed by atoms with Crippen molar-refractivity contribution in [1.82, 2.24) is 5.32 Å². The predicted molar refractivity (Wildman–Crippen MR) is 76.1 cm³/mol. The molecule has 0 amide bonds. The summed E-state index contributed by atoms with van der Waals surface area (Å²) in [6, 6.07) is 8.57. The van der Waals surface area contributed by atoms with Crippen LogP contribution in [0.1, 0.15) is 27.6 Å². The highest BCUT2D eigenvalue weighted by Crippen LogP contribution is 2.32. The Bertz CT molecular complexity index is 519. The second kappa shape index (κ2) is 5.21. The van der Waals surface area contributed by atoms with Crippen molar-refractivity contribution in [1.29, 1.82) is 0 Å². The van der Waals surface area contributed by atoms with Crippen molar-refractivity contribution < 1.29 is 0 Å². The average Bonchev–Trinajstić information content (AvgIpc) is 2.72. The number of rotatable bonds is 3. The Balaban J connectivity index is 2.45. The summed E-state index contributed by atoms with van der Waals surface area (Å²) in [4.78, 5) is 1.32. The Labute approximate surface area is 111 Å². The maximum atomic E-state index is 6.39. The number of nitrogens with one attached hydrogen (secondary N) is 1. The third-order valence-corrected chi connectivity index (χ3v) is 4.30. The van der Waals surface area contributed by atoms with Crippen LogP contribution < -0.4 is 5.32 Å². The molecule has 2 rings (SSSR count). The van der Waals surface area contributed by atoms with Gasteiger partial charge in [-0.05, 0) is 49.0 Å². The van der Waals surface area contributed by atoms with Crippen molar-refractivity contribution in [2.75, 3.05) is 7.05 Å². The SMILES string of the molecule is CNC(c1csc(C)c1)c1cccc(C)c1Cl. The van der Waals surface area contributed by atoms with E-state index in [9.17, 15) is 0 Å². The van der Waals surface area contributed by atoms with Crippen LogP contribution in [-0.4, -0.2) is 7.05 Å². The van der Waals surface area contributed by atoms with Gasteiger partial charge >= 0.3 is 0 Å². The maximum Gasteiger partial charge on any atom is 0.0597 e. The van der Waals surface area contributed by atoms with Crippen molar-refractivity contribution >= 4 is 22.9 Å². The molecule has 0 saturated heterocycles. The molecule has 3 heteroatoms. The summed E-state index contributed by atoms with van der Waals surface area (Å²) in [5, 5.41) is 6.39. The lowest BCUT2D eigenvalue weighted by Gasteiger charge is -2.18. The third kappa shape index (κ3) is 2.54. The van der Waals surface area contributed by atoms with E-state index in [-0.39, 0.29) is 6.04 Å². The number of halogens is 1. The Morgan fingerprint density at radius 3 is 2.65 bits per heavy atom. The molecule has 0 aliphatic heterocycles. The van der Waals surface area contributed by atoms with Gasteiger partial charge in [0.2, 0.25) is 0 Å². The van der Waals surface area contributed by atoms with Crippen molar-refractivity contribution in [2.45, 2.75) is 19.9 Å². The molecule has 2 aromatic rings. The topological polar surface area (TPSA) is 12.0 Å². The fraction of sp³-hybridized carbons (Fsp3) is 0.286. The number of aryl methyl sites for hydroxylation is 2. The Hall–Kier alpha value is -0.830. The van der Waals surface area contributed by atoms with E-state index in [0.29, 0.717) is 0 Å². The van der Waals surface area contributed by atoms with Gasteiger partial charge in [-0.3, -0.25) is 0 Å². The van der Waals surface area contributed by atoms with E-state index in [1.54, 1.807) is 11.3 Å². The van der Waals surface area contributed by atoms with Gasteiger partial charge in [0.25, 0.3) is 0 Å². The minimum Gasteiger partial charge on any atom is -0.309 e.